The van der Waals surface area contributed by atoms with Gasteiger partial charge in [0.1, 0.15) is 5.84 Å². The minimum atomic E-state index is -0.546. The van der Waals surface area contributed by atoms with Crippen LogP contribution < -0.4 is 16.6 Å². The summed E-state index contributed by atoms with van der Waals surface area (Å²) in [4.78, 5) is 33.8. The average molecular weight is 400 g/mol. The number of halogens is 1. The van der Waals surface area contributed by atoms with Crippen molar-refractivity contribution < 1.29 is 9.18 Å². The standard InChI is InChI=1S/C18H17FN6O2S/c1-9-13(16(27)25(10(2)20)17(21)23-9)7-15(26)24-18-22-8-12(28-18)6-11-4-3-5-14(11)19/h3-4,8,20H,6-7H2,1-2H3,(H2,21,23)(H,22,24,26). The molecule has 2 heterocycles. The highest BCUT2D eigenvalue weighted by Gasteiger charge is 2.18. The molecule has 1 aliphatic carbocycles. The van der Waals surface area contributed by atoms with Gasteiger partial charge in [-0.1, -0.05) is 5.73 Å². The van der Waals surface area contributed by atoms with Crippen molar-refractivity contribution in [1.29, 1.82) is 5.41 Å². The van der Waals surface area contributed by atoms with Gasteiger partial charge in [0, 0.05) is 28.6 Å². The molecule has 2 aromatic rings. The Morgan fingerprint density at radius 1 is 1.50 bits per heavy atom. The monoisotopic (exact) mass is 400 g/mol. The lowest BCUT2D eigenvalue weighted by Gasteiger charge is -2.11. The zero-order valence-corrected chi connectivity index (χ0v) is 16.0. The number of rotatable bonds is 5. The molecule has 2 aromatic heterocycles. The summed E-state index contributed by atoms with van der Waals surface area (Å²) in [6.45, 7) is 2.99. The summed E-state index contributed by atoms with van der Waals surface area (Å²) in [5, 5.41) is 10.6. The normalized spacial score (nSPS) is 12.7. The lowest BCUT2D eigenvalue weighted by Crippen LogP contribution is -2.33. The Labute approximate surface area is 163 Å². The van der Waals surface area contributed by atoms with Crippen molar-refractivity contribution >= 4 is 34.2 Å². The molecule has 10 heteroatoms. The Hall–Kier alpha value is -3.36. The quantitative estimate of drug-likeness (QED) is 0.402. The molecule has 28 heavy (non-hydrogen) atoms. The smallest absolute Gasteiger partial charge is 0.264 e. The van der Waals surface area contributed by atoms with Gasteiger partial charge in [-0.15, -0.1) is 11.3 Å². The van der Waals surface area contributed by atoms with E-state index in [4.69, 9.17) is 11.1 Å². The van der Waals surface area contributed by atoms with Crippen molar-refractivity contribution in [2.75, 3.05) is 11.1 Å². The first kappa shape index (κ1) is 19.4. The van der Waals surface area contributed by atoms with Gasteiger partial charge >= 0.3 is 0 Å². The van der Waals surface area contributed by atoms with Crippen LogP contribution in [0, 0.1) is 12.3 Å². The molecule has 1 aliphatic rings. The van der Waals surface area contributed by atoms with Crippen LogP contribution in [-0.2, 0) is 17.6 Å². The molecule has 4 N–H and O–H groups in total. The van der Waals surface area contributed by atoms with Gasteiger partial charge in [0.2, 0.25) is 11.9 Å². The van der Waals surface area contributed by atoms with Crippen LogP contribution in [0.5, 0.6) is 0 Å². The molecule has 0 spiro atoms. The zero-order valence-electron chi connectivity index (χ0n) is 15.2. The number of amides is 1. The summed E-state index contributed by atoms with van der Waals surface area (Å²) >= 11 is 1.22. The Balaban J connectivity index is 1.72. The molecule has 144 valence electrons. The maximum atomic E-state index is 13.5. The maximum Gasteiger partial charge on any atom is 0.264 e. The van der Waals surface area contributed by atoms with Crippen molar-refractivity contribution in [2.24, 2.45) is 0 Å². The van der Waals surface area contributed by atoms with Gasteiger partial charge in [-0.2, -0.15) is 4.39 Å². The molecular weight excluding hydrogens is 383 g/mol. The summed E-state index contributed by atoms with van der Waals surface area (Å²) in [7, 11) is 0. The van der Waals surface area contributed by atoms with Crippen LogP contribution >= 0.6 is 11.3 Å². The van der Waals surface area contributed by atoms with Gasteiger partial charge in [-0.3, -0.25) is 15.0 Å². The highest BCUT2D eigenvalue weighted by molar-refractivity contribution is 7.15. The number of nitrogens with one attached hydrogen (secondary N) is 2. The number of carbonyl (C=O) groups excluding carboxylic acids is 1. The second-order valence-corrected chi connectivity index (χ2v) is 7.23. The highest BCUT2D eigenvalue weighted by Crippen LogP contribution is 2.25. The average Bonchev–Trinajstić information content (AvgIpc) is 3.20. The number of thiazole rings is 1. The number of hydrogen-bond donors (Lipinski definition) is 3. The van der Waals surface area contributed by atoms with E-state index in [0.717, 1.165) is 9.44 Å². The Morgan fingerprint density at radius 3 is 2.89 bits per heavy atom. The van der Waals surface area contributed by atoms with Gasteiger partial charge in [0.15, 0.2) is 11.0 Å². The molecule has 0 saturated heterocycles. The van der Waals surface area contributed by atoms with Crippen LogP contribution in [0.3, 0.4) is 0 Å². The molecule has 0 aromatic carbocycles. The van der Waals surface area contributed by atoms with Gasteiger partial charge in [0.25, 0.3) is 5.56 Å². The molecular formula is C18H17FN6O2S. The largest absolute Gasteiger partial charge is 0.369 e. The topological polar surface area (TPSA) is 127 Å². The SMILES string of the molecule is CC(=N)n1c(N)nc(C)c(CC(=O)Nc2ncc(CC3=CC=C=C3F)s2)c1=O. The number of aromatic nitrogens is 3. The summed E-state index contributed by atoms with van der Waals surface area (Å²) in [5.74, 6) is -1.03. The van der Waals surface area contributed by atoms with E-state index in [0.29, 0.717) is 22.8 Å². The number of nitrogens with zero attached hydrogens (tertiary/aromatic N) is 3. The number of hydrogen-bond acceptors (Lipinski definition) is 7. The van der Waals surface area contributed by atoms with Crippen LogP contribution in [-0.4, -0.2) is 26.3 Å². The number of aryl methyl sites for hydroxylation is 1. The molecule has 0 radical (unpaired) electrons. The molecule has 0 saturated carbocycles. The van der Waals surface area contributed by atoms with Crippen LogP contribution in [0.25, 0.3) is 0 Å². The van der Waals surface area contributed by atoms with Crippen LogP contribution in [0.2, 0.25) is 0 Å². The van der Waals surface area contributed by atoms with Crippen molar-refractivity contribution in [3.63, 3.8) is 0 Å². The summed E-state index contributed by atoms with van der Waals surface area (Å²) < 4.78 is 14.4. The molecule has 8 nitrogen and oxygen atoms in total. The first-order valence-electron chi connectivity index (χ1n) is 8.26. The summed E-state index contributed by atoms with van der Waals surface area (Å²) in [5.41, 5.74) is 8.61. The number of nitrogens with two attached hydrogens (primary N) is 1. The zero-order chi connectivity index (χ0) is 20.4. The first-order valence-corrected chi connectivity index (χ1v) is 9.07. The van der Waals surface area contributed by atoms with Gasteiger partial charge in [0.05, 0.1) is 12.1 Å². The number of nitrogen functional groups attached to an aromatic ring is 1. The van der Waals surface area contributed by atoms with Crippen LogP contribution in [0.15, 0.2) is 40.3 Å². The van der Waals surface area contributed by atoms with E-state index in [1.807, 2.05) is 0 Å². The van der Waals surface area contributed by atoms with Crippen molar-refractivity contribution in [2.45, 2.75) is 26.7 Å². The number of anilines is 2. The van der Waals surface area contributed by atoms with E-state index in [1.165, 1.54) is 24.3 Å². The number of carbonyl (C=O) groups is 1. The highest BCUT2D eigenvalue weighted by atomic mass is 32.1. The fourth-order valence-electron chi connectivity index (χ4n) is 2.69. The third-order valence-corrected chi connectivity index (χ3v) is 4.94. The molecule has 0 atom stereocenters. The van der Waals surface area contributed by atoms with E-state index >= 15 is 0 Å². The van der Waals surface area contributed by atoms with E-state index in [-0.39, 0.29) is 23.8 Å². The van der Waals surface area contributed by atoms with Crippen molar-refractivity contribution in [1.82, 2.24) is 14.5 Å². The Kier molecular flexibility index (Phi) is 5.34. The van der Waals surface area contributed by atoms with Crippen molar-refractivity contribution in [3.8, 4) is 0 Å². The molecule has 3 rings (SSSR count). The van der Waals surface area contributed by atoms with Gasteiger partial charge in [-0.25, -0.2) is 14.5 Å². The summed E-state index contributed by atoms with van der Waals surface area (Å²) in [6.07, 6.45) is 4.84. The molecule has 0 fully saturated rings. The fourth-order valence-corrected chi connectivity index (χ4v) is 3.54. The first-order chi connectivity index (χ1) is 13.3. The predicted octanol–water partition coefficient (Wildman–Crippen LogP) is 2.11. The fraction of sp³-hybridized carbons (Fsp3) is 0.222. The van der Waals surface area contributed by atoms with E-state index in [9.17, 15) is 14.0 Å². The third kappa shape index (κ3) is 3.98. The second-order valence-electron chi connectivity index (χ2n) is 6.11. The van der Waals surface area contributed by atoms with E-state index in [1.54, 1.807) is 19.2 Å². The van der Waals surface area contributed by atoms with Crippen molar-refractivity contribution in [3.05, 3.63) is 62.0 Å². The maximum absolute atomic E-state index is 13.5. The molecule has 0 unspecified atom stereocenters. The second kappa shape index (κ2) is 7.71. The van der Waals surface area contributed by atoms with E-state index < -0.39 is 17.3 Å². The lowest BCUT2D eigenvalue weighted by atomic mass is 10.1. The molecule has 0 bridgehead atoms. The molecule has 1 amide bonds. The third-order valence-electron chi connectivity index (χ3n) is 4.02. The Bertz CT molecular complexity index is 1140. The predicted molar refractivity (Wildman–Crippen MR) is 105 cm³/mol. The van der Waals surface area contributed by atoms with E-state index in [2.05, 4.69) is 21.0 Å². The van der Waals surface area contributed by atoms with Crippen LogP contribution in [0.1, 0.15) is 23.1 Å². The van der Waals surface area contributed by atoms with Gasteiger partial charge < -0.3 is 11.1 Å². The molecule has 0 aliphatic heterocycles. The Morgan fingerprint density at radius 2 is 2.25 bits per heavy atom. The number of allylic oxidation sites excluding steroid dienone is 3. The minimum absolute atomic E-state index is 0.0850. The van der Waals surface area contributed by atoms with Gasteiger partial charge in [-0.05, 0) is 26.0 Å². The minimum Gasteiger partial charge on any atom is -0.369 e. The van der Waals surface area contributed by atoms with Crippen LogP contribution in [0.4, 0.5) is 15.5 Å². The lowest BCUT2D eigenvalue weighted by molar-refractivity contribution is -0.115. The summed E-state index contributed by atoms with van der Waals surface area (Å²) in [6, 6.07) is 0.